The number of hydrogen-bond acceptors (Lipinski definition) is 2. The first-order valence-electron chi connectivity index (χ1n) is 5.78. The quantitative estimate of drug-likeness (QED) is 0.713. The Bertz CT molecular complexity index is 398. The Labute approximate surface area is 96.6 Å². The highest BCUT2D eigenvalue weighted by molar-refractivity contribution is 5.71. The third-order valence-corrected chi connectivity index (χ3v) is 3.27. The number of hydrogen-bond donors (Lipinski definition) is 0. The third-order valence-electron chi connectivity index (χ3n) is 3.27. The van der Waals surface area contributed by atoms with Crippen molar-refractivity contribution in [3.63, 3.8) is 0 Å². The van der Waals surface area contributed by atoms with Crippen molar-refractivity contribution in [1.82, 2.24) is 0 Å². The van der Waals surface area contributed by atoms with Crippen LogP contribution in [0.1, 0.15) is 28.7 Å². The summed E-state index contributed by atoms with van der Waals surface area (Å²) < 4.78 is 5.00. The number of carbonyl (C=O) groups excluding carboxylic acids is 1. The highest BCUT2D eigenvalue weighted by Gasteiger charge is 2.24. The largest absolute Gasteiger partial charge is 0.465 e. The molecule has 0 spiro atoms. The zero-order valence-corrected chi connectivity index (χ0v) is 10.2. The van der Waals surface area contributed by atoms with Gasteiger partial charge in [-0.1, -0.05) is 17.7 Å². The standard InChI is InChI=1S/C14H18O2/c1-9-4-10(2)13(11(3)5-9)6-12-7-14(15)16-8-12/h4-5,12H,6-8H2,1-3H3. The van der Waals surface area contributed by atoms with Crippen molar-refractivity contribution >= 4 is 5.97 Å². The maximum atomic E-state index is 11.0. The first kappa shape index (κ1) is 11.2. The topological polar surface area (TPSA) is 26.3 Å². The van der Waals surface area contributed by atoms with Crippen LogP contribution in [0.2, 0.25) is 0 Å². The van der Waals surface area contributed by atoms with E-state index in [0.717, 1.165) is 6.42 Å². The van der Waals surface area contributed by atoms with Crippen LogP contribution in [0.25, 0.3) is 0 Å². The summed E-state index contributed by atoms with van der Waals surface area (Å²) in [4.78, 5) is 11.0. The number of benzene rings is 1. The summed E-state index contributed by atoms with van der Waals surface area (Å²) in [5.41, 5.74) is 5.35. The number of ether oxygens (including phenoxy) is 1. The zero-order valence-electron chi connectivity index (χ0n) is 10.2. The average Bonchev–Trinajstić information content (AvgIpc) is 2.58. The molecule has 0 bridgehead atoms. The van der Waals surface area contributed by atoms with Gasteiger partial charge in [-0.15, -0.1) is 0 Å². The van der Waals surface area contributed by atoms with E-state index in [1.807, 2.05) is 0 Å². The van der Waals surface area contributed by atoms with E-state index in [9.17, 15) is 4.79 Å². The molecule has 1 aromatic carbocycles. The molecule has 1 saturated heterocycles. The normalized spacial score (nSPS) is 19.9. The predicted octanol–water partition coefficient (Wildman–Crippen LogP) is 2.72. The molecule has 0 radical (unpaired) electrons. The zero-order chi connectivity index (χ0) is 11.7. The molecule has 86 valence electrons. The maximum absolute atomic E-state index is 11.0. The summed E-state index contributed by atoms with van der Waals surface area (Å²) in [6, 6.07) is 4.42. The summed E-state index contributed by atoms with van der Waals surface area (Å²) in [6.45, 7) is 7.00. The van der Waals surface area contributed by atoms with Crippen LogP contribution >= 0.6 is 0 Å². The lowest BCUT2D eigenvalue weighted by atomic mass is 9.91. The van der Waals surface area contributed by atoms with E-state index in [-0.39, 0.29) is 5.97 Å². The van der Waals surface area contributed by atoms with Crippen LogP contribution in [0.4, 0.5) is 0 Å². The fourth-order valence-corrected chi connectivity index (χ4v) is 2.52. The minimum atomic E-state index is -0.0487. The lowest BCUT2D eigenvalue weighted by molar-refractivity contribution is -0.137. The van der Waals surface area contributed by atoms with Gasteiger partial charge < -0.3 is 4.74 Å². The van der Waals surface area contributed by atoms with Crippen molar-refractivity contribution in [1.29, 1.82) is 0 Å². The van der Waals surface area contributed by atoms with E-state index < -0.39 is 0 Å². The van der Waals surface area contributed by atoms with E-state index >= 15 is 0 Å². The van der Waals surface area contributed by atoms with Crippen LogP contribution in [-0.2, 0) is 16.0 Å². The molecule has 0 amide bonds. The van der Waals surface area contributed by atoms with E-state index in [4.69, 9.17) is 4.74 Å². The molecule has 1 atom stereocenters. The Morgan fingerprint density at radius 3 is 2.38 bits per heavy atom. The molecular weight excluding hydrogens is 200 g/mol. The summed E-state index contributed by atoms with van der Waals surface area (Å²) in [6.07, 6.45) is 1.54. The minimum absolute atomic E-state index is 0.0487. The van der Waals surface area contributed by atoms with Gasteiger partial charge in [0.05, 0.1) is 13.0 Å². The second-order valence-electron chi connectivity index (χ2n) is 4.83. The molecule has 2 nitrogen and oxygen atoms in total. The van der Waals surface area contributed by atoms with E-state index in [1.54, 1.807) is 0 Å². The van der Waals surface area contributed by atoms with Crippen molar-refractivity contribution in [2.75, 3.05) is 6.61 Å². The molecule has 1 aliphatic rings. The van der Waals surface area contributed by atoms with E-state index in [1.165, 1.54) is 22.3 Å². The predicted molar refractivity (Wildman–Crippen MR) is 63.4 cm³/mol. The van der Waals surface area contributed by atoms with Crippen LogP contribution in [-0.4, -0.2) is 12.6 Å². The first-order valence-corrected chi connectivity index (χ1v) is 5.78. The van der Waals surface area contributed by atoms with Gasteiger partial charge in [0.15, 0.2) is 0 Å². The van der Waals surface area contributed by atoms with Crippen LogP contribution in [0, 0.1) is 26.7 Å². The molecule has 1 aromatic rings. The summed E-state index contributed by atoms with van der Waals surface area (Å²) in [5.74, 6) is 0.319. The summed E-state index contributed by atoms with van der Waals surface area (Å²) in [5, 5.41) is 0. The minimum Gasteiger partial charge on any atom is -0.465 e. The van der Waals surface area contributed by atoms with Crippen molar-refractivity contribution in [2.45, 2.75) is 33.6 Å². The fourth-order valence-electron chi connectivity index (χ4n) is 2.52. The highest BCUT2D eigenvalue weighted by Crippen LogP contribution is 2.24. The Balaban J connectivity index is 2.18. The van der Waals surface area contributed by atoms with Gasteiger partial charge in [0, 0.05) is 5.92 Å². The van der Waals surface area contributed by atoms with Gasteiger partial charge in [-0.25, -0.2) is 0 Å². The number of carbonyl (C=O) groups is 1. The van der Waals surface area contributed by atoms with E-state index in [2.05, 4.69) is 32.9 Å². The number of aryl methyl sites for hydroxylation is 3. The Kier molecular flexibility index (Phi) is 2.99. The molecule has 0 saturated carbocycles. The second-order valence-corrected chi connectivity index (χ2v) is 4.83. The molecule has 1 aliphatic heterocycles. The molecule has 2 rings (SSSR count). The van der Waals surface area contributed by atoms with Crippen LogP contribution in [0.5, 0.6) is 0 Å². The van der Waals surface area contributed by atoms with Gasteiger partial charge in [0.2, 0.25) is 0 Å². The van der Waals surface area contributed by atoms with Crippen LogP contribution in [0.3, 0.4) is 0 Å². The molecule has 0 aliphatic carbocycles. The molecule has 0 aromatic heterocycles. The van der Waals surface area contributed by atoms with Crippen LogP contribution < -0.4 is 0 Å². The van der Waals surface area contributed by atoms with Crippen molar-refractivity contribution in [2.24, 2.45) is 5.92 Å². The summed E-state index contributed by atoms with van der Waals surface area (Å²) >= 11 is 0. The number of esters is 1. The van der Waals surface area contributed by atoms with Crippen LogP contribution in [0.15, 0.2) is 12.1 Å². The van der Waals surface area contributed by atoms with Gasteiger partial charge in [-0.3, -0.25) is 4.79 Å². The van der Waals surface area contributed by atoms with Gasteiger partial charge >= 0.3 is 5.97 Å². The molecule has 2 heteroatoms. The van der Waals surface area contributed by atoms with Crippen molar-refractivity contribution in [3.05, 3.63) is 34.4 Å². The van der Waals surface area contributed by atoms with Gasteiger partial charge in [0.25, 0.3) is 0 Å². The molecular formula is C14H18O2. The monoisotopic (exact) mass is 218 g/mol. The lowest BCUT2D eigenvalue weighted by Crippen LogP contribution is -2.07. The van der Waals surface area contributed by atoms with E-state index in [0.29, 0.717) is 18.9 Å². The van der Waals surface area contributed by atoms with Gasteiger partial charge in [0.1, 0.15) is 0 Å². The first-order chi connectivity index (χ1) is 7.56. The Hall–Kier alpha value is -1.31. The van der Waals surface area contributed by atoms with Gasteiger partial charge in [-0.05, 0) is 43.9 Å². The third kappa shape index (κ3) is 2.26. The van der Waals surface area contributed by atoms with Gasteiger partial charge in [-0.2, -0.15) is 0 Å². The molecule has 0 N–H and O–H groups in total. The average molecular weight is 218 g/mol. The summed E-state index contributed by atoms with van der Waals surface area (Å²) in [7, 11) is 0. The highest BCUT2D eigenvalue weighted by atomic mass is 16.5. The molecule has 1 fully saturated rings. The lowest BCUT2D eigenvalue weighted by Gasteiger charge is -2.13. The number of rotatable bonds is 2. The smallest absolute Gasteiger partial charge is 0.306 e. The molecule has 1 heterocycles. The maximum Gasteiger partial charge on any atom is 0.306 e. The number of cyclic esters (lactones) is 1. The fraction of sp³-hybridized carbons (Fsp3) is 0.500. The van der Waals surface area contributed by atoms with Crippen molar-refractivity contribution < 1.29 is 9.53 Å². The Morgan fingerprint density at radius 1 is 1.25 bits per heavy atom. The Morgan fingerprint density at radius 2 is 1.88 bits per heavy atom. The molecule has 16 heavy (non-hydrogen) atoms. The van der Waals surface area contributed by atoms with Crippen molar-refractivity contribution in [3.8, 4) is 0 Å². The SMILES string of the molecule is Cc1cc(C)c(CC2COC(=O)C2)c(C)c1. The molecule has 1 unspecified atom stereocenters. The second kappa shape index (κ2) is 4.28.